The second kappa shape index (κ2) is 5.81. The molecule has 1 aromatic rings. The van der Waals surface area contributed by atoms with E-state index >= 15 is 0 Å². The van der Waals surface area contributed by atoms with Gasteiger partial charge in [-0.05, 0) is 45.9 Å². The second-order valence-corrected chi connectivity index (χ2v) is 5.64. The standard InChI is InChI=1S/C13H17Cl2NO2/c1-5-16(12(17)18-13(2,3)4)9-6-7-10(14)11(15)8-9/h6-8H,5H2,1-4H3. The van der Waals surface area contributed by atoms with Crippen molar-refractivity contribution in [2.24, 2.45) is 0 Å². The maximum absolute atomic E-state index is 12.0. The predicted octanol–water partition coefficient (Wildman–Crippen LogP) is 4.75. The third-order valence-electron chi connectivity index (χ3n) is 2.14. The van der Waals surface area contributed by atoms with Crippen LogP contribution in [0.25, 0.3) is 0 Å². The normalized spacial score (nSPS) is 11.2. The van der Waals surface area contributed by atoms with E-state index in [1.165, 1.54) is 4.90 Å². The Morgan fingerprint density at radius 3 is 2.33 bits per heavy atom. The Labute approximate surface area is 118 Å². The Bertz CT molecular complexity index is 441. The van der Waals surface area contributed by atoms with Crippen LogP contribution in [0.3, 0.4) is 0 Å². The van der Waals surface area contributed by atoms with Crippen LogP contribution in [0.4, 0.5) is 10.5 Å². The van der Waals surface area contributed by atoms with Gasteiger partial charge < -0.3 is 4.74 Å². The lowest BCUT2D eigenvalue weighted by Gasteiger charge is -2.26. The van der Waals surface area contributed by atoms with E-state index in [-0.39, 0.29) is 0 Å². The fourth-order valence-corrected chi connectivity index (χ4v) is 1.68. The van der Waals surface area contributed by atoms with E-state index in [2.05, 4.69) is 0 Å². The van der Waals surface area contributed by atoms with E-state index < -0.39 is 11.7 Å². The predicted molar refractivity (Wildman–Crippen MR) is 75.7 cm³/mol. The molecule has 1 rings (SSSR count). The van der Waals surface area contributed by atoms with Gasteiger partial charge in [-0.15, -0.1) is 0 Å². The molecule has 1 aromatic carbocycles. The van der Waals surface area contributed by atoms with Gasteiger partial charge in [-0.1, -0.05) is 23.2 Å². The number of nitrogens with zero attached hydrogens (tertiary/aromatic N) is 1. The Morgan fingerprint density at radius 2 is 1.89 bits per heavy atom. The Hall–Kier alpha value is -0.930. The van der Waals surface area contributed by atoms with Gasteiger partial charge in [0.25, 0.3) is 0 Å². The first-order valence-electron chi connectivity index (χ1n) is 5.70. The third kappa shape index (κ3) is 4.07. The summed E-state index contributed by atoms with van der Waals surface area (Å²) in [4.78, 5) is 13.5. The van der Waals surface area contributed by atoms with Crippen LogP contribution < -0.4 is 4.90 Å². The van der Waals surface area contributed by atoms with E-state index in [0.29, 0.717) is 22.3 Å². The molecule has 5 heteroatoms. The summed E-state index contributed by atoms with van der Waals surface area (Å²) in [5.74, 6) is 0. The van der Waals surface area contributed by atoms with Gasteiger partial charge in [0, 0.05) is 12.2 Å². The SMILES string of the molecule is CCN(C(=O)OC(C)(C)C)c1ccc(Cl)c(Cl)c1. The molecule has 3 nitrogen and oxygen atoms in total. The fraction of sp³-hybridized carbons (Fsp3) is 0.462. The average Bonchev–Trinajstić information content (AvgIpc) is 2.21. The van der Waals surface area contributed by atoms with Gasteiger partial charge in [0.1, 0.15) is 5.60 Å². The number of carbonyl (C=O) groups is 1. The summed E-state index contributed by atoms with van der Waals surface area (Å²) in [5, 5.41) is 0.872. The van der Waals surface area contributed by atoms with Crippen LogP contribution in [-0.2, 0) is 4.74 Å². The first-order chi connectivity index (χ1) is 8.24. The van der Waals surface area contributed by atoms with Crippen molar-refractivity contribution < 1.29 is 9.53 Å². The van der Waals surface area contributed by atoms with Crippen LogP contribution in [0, 0.1) is 0 Å². The number of carbonyl (C=O) groups excluding carboxylic acids is 1. The summed E-state index contributed by atoms with van der Waals surface area (Å²) in [6, 6.07) is 5.05. The minimum atomic E-state index is -0.527. The van der Waals surface area contributed by atoms with Gasteiger partial charge in [0.15, 0.2) is 0 Å². The van der Waals surface area contributed by atoms with Crippen molar-refractivity contribution >= 4 is 35.0 Å². The van der Waals surface area contributed by atoms with Gasteiger partial charge in [0.2, 0.25) is 0 Å². The molecule has 100 valence electrons. The van der Waals surface area contributed by atoms with Crippen molar-refractivity contribution in [3.63, 3.8) is 0 Å². The Kier molecular flexibility index (Phi) is 4.88. The summed E-state index contributed by atoms with van der Waals surface area (Å²) < 4.78 is 5.33. The van der Waals surface area contributed by atoms with Crippen molar-refractivity contribution in [3.8, 4) is 0 Å². The van der Waals surface area contributed by atoms with Crippen molar-refractivity contribution in [3.05, 3.63) is 28.2 Å². The lowest BCUT2D eigenvalue weighted by Crippen LogP contribution is -2.36. The molecule has 1 amide bonds. The van der Waals surface area contributed by atoms with Crippen LogP contribution in [0.15, 0.2) is 18.2 Å². The van der Waals surface area contributed by atoms with Crippen LogP contribution in [-0.4, -0.2) is 18.2 Å². The van der Waals surface area contributed by atoms with E-state index in [0.717, 1.165) is 0 Å². The molecule has 0 saturated carbocycles. The first kappa shape index (κ1) is 15.1. The molecule has 0 spiro atoms. The largest absolute Gasteiger partial charge is 0.443 e. The van der Waals surface area contributed by atoms with Gasteiger partial charge >= 0.3 is 6.09 Å². The molecule has 0 saturated heterocycles. The van der Waals surface area contributed by atoms with E-state index in [4.69, 9.17) is 27.9 Å². The number of hydrogen-bond donors (Lipinski definition) is 0. The van der Waals surface area contributed by atoms with Crippen molar-refractivity contribution in [1.82, 2.24) is 0 Å². The van der Waals surface area contributed by atoms with Crippen LogP contribution in [0.1, 0.15) is 27.7 Å². The molecule has 0 heterocycles. The highest BCUT2D eigenvalue weighted by atomic mass is 35.5. The zero-order valence-corrected chi connectivity index (χ0v) is 12.5. The van der Waals surface area contributed by atoms with Gasteiger partial charge in [0.05, 0.1) is 10.0 Å². The number of halogens is 2. The van der Waals surface area contributed by atoms with E-state index in [9.17, 15) is 4.79 Å². The second-order valence-electron chi connectivity index (χ2n) is 4.82. The van der Waals surface area contributed by atoms with Crippen molar-refractivity contribution in [2.45, 2.75) is 33.3 Å². The molecule has 0 atom stereocenters. The molecule has 0 aliphatic heterocycles. The summed E-state index contributed by atoms with van der Waals surface area (Å²) in [6.45, 7) is 7.84. The molecule has 0 aromatic heterocycles. The average molecular weight is 290 g/mol. The van der Waals surface area contributed by atoms with Crippen LogP contribution in [0.2, 0.25) is 10.0 Å². The topological polar surface area (TPSA) is 29.5 Å². The van der Waals surface area contributed by atoms with E-state index in [1.54, 1.807) is 18.2 Å². The fourth-order valence-electron chi connectivity index (χ4n) is 1.39. The first-order valence-corrected chi connectivity index (χ1v) is 6.45. The summed E-state index contributed by atoms with van der Waals surface area (Å²) in [6.07, 6.45) is -0.400. The maximum Gasteiger partial charge on any atom is 0.414 e. The minimum Gasteiger partial charge on any atom is -0.443 e. The van der Waals surface area contributed by atoms with Gasteiger partial charge in [-0.25, -0.2) is 4.79 Å². The summed E-state index contributed by atoms with van der Waals surface area (Å²) in [7, 11) is 0. The highest BCUT2D eigenvalue weighted by Crippen LogP contribution is 2.28. The molecule has 0 unspecified atom stereocenters. The van der Waals surface area contributed by atoms with Crippen LogP contribution >= 0.6 is 23.2 Å². The monoisotopic (exact) mass is 289 g/mol. The van der Waals surface area contributed by atoms with Crippen molar-refractivity contribution in [1.29, 1.82) is 0 Å². The lowest BCUT2D eigenvalue weighted by molar-refractivity contribution is 0.0582. The molecule has 0 bridgehead atoms. The molecule has 0 N–H and O–H groups in total. The minimum absolute atomic E-state index is 0.400. The molecule has 0 fully saturated rings. The van der Waals surface area contributed by atoms with Crippen molar-refractivity contribution in [2.75, 3.05) is 11.4 Å². The molecular formula is C13H17Cl2NO2. The smallest absolute Gasteiger partial charge is 0.414 e. The number of anilines is 1. The zero-order valence-electron chi connectivity index (χ0n) is 11.0. The van der Waals surface area contributed by atoms with Gasteiger partial charge in [-0.3, -0.25) is 4.90 Å². The third-order valence-corrected chi connectivity index (χ3v) is 2.88. The number of rotatable bonds is 2. The molecular weight excluding hydrogens is 273 g/mol. The maximum atomic E-state index is 12.0. The van der Waals surface area contributed by atoms with E-state index in [1.807, 2.05) is 27.7 Å². The molecule has 0 aliphatic carbocycles. The van der Waals surface area contributed by atoms with Crippen LogP contribution in [0.5, 0.6) is 0 Å². The van der Waals surface area contributed by atoms with Gasteiger partial charge in [-0.2, -0.15) is 0 Å². The number of hydrogen-bond acceptors (Lipinski definition) is 2. The number of benzene rings is 1. The molecule has 18 heavy (non-hydrogen) atoms. The highest BCUT2D eigenvalue weighted by molar-refractivity contribution is 6.42. The Morgan fingerprint density at radius 1 is 1.28 bits per heavy atom. The molecule has 0 radical (unpaired) electrons. The summed E-state index contributed by atoms with van der Waals surface area (Å²) in [5.41, 5.74) is 0.141. The quantitative estimate of drug-likeness (QED) is 0.786. The zero-order chi connectivity index (χ0) is 13.9. The summed E-state index contributed by atoms with van der Waals surface area (Å²) >= 11 is 11.8. The highest BCUT2D eigenvalue weighted by Gasteiger charge is 2.22. The number of ether oxygens (including phenoxy) is 1. The number of amides is 1. The molecule has 0 aliphatic rings. The lowest BCUT2D eigenvalue weighted by atomic mass is 10.2. The Balaban J connectivity index is 2.95.